The molecular weight excluding hydrogens is 498 g/mol. The first-order chi connectivity index (χ1) is 18.8. The Labute approximate surface area is 230 Å². The SMILES string of the molecule is CCN1C[C@]2(COC)CC[C@H](O)C34C1C([C@H](OC)[C@@H]32)[C@@]1(OC(=O)c2ccccc2)C[C@H](OC)[C@H]2C[C@@H]4C1[C@@H]2O. The molecular formula is C31H43NO7. The van der Waals surface area contributed by atoms with E-state index < -0.39 is 23.2 Å². The third-order valence-corrected chi connectivity index (χ3v) is 12.4. The van der Waals surface area contributed by atoms with E-state index in [-0.39, 0.29) is 59.2 Å². The molecule has 7 rings (SSSR count). The standard InChI is InChI=1S/C31H43NO7/c1-5-32-15-29(16-36-2)12-11-21(33)31-19-13-18-20(37-3)14-30(22(19)24(18)34,23(27(31)32)25(38-4)26(29)31)39-28(35)17-9-7-6-8-10-17/h6-10,18-27,33-34H,5,11-16H2,1-4H3/t18-,19-,20+,21+,22?,23?,24-,25+,26-,27?,29+,30-,31?/m1/s1. The predicted molar refractivity (Wildman–Crippen MR) is 142 cm³/mol. The summed E-state index contributed by atoms with van der Waals surface area (Å²) in [5, 5.41) is 24.2. The van der Waals surface area contributed by atoms with Gasteiger partial charge in [-0.2, -0.15) is 0 Å². The van der Waals surface area contributed by atoms with Gasteiger partial charge in [0.2, 0.25) is 0 Å². The van der Waals surface area contributed by atoms with Gasteiger partial charge >= 0.3 is 5.97 Å². The number of hydrogen-bond acceptors (Lipinski definition) is 8. The summed E-state index contributed by atoms with van der Waals surface area (Å²) >= 11 is 0. The van der Waals surface area contributed by atoms with Crippen LogP contribution in [0.15, 0.2) is 30.3 Å². The molecule has 1 aromatic carbocycles. The molecule has 13 atom stereocenters. The van der Waals surface area contributed by atoms with Gasteiger partial charge in [-0.15, -0.1) is 0 Å². The van der Waals surface area contributed by atoms with Gasteiger partial charge in [-0.3, -0.25) is 4.90 Å². The first kappa shape index (κ1) is 26.4. The summed E-state index contributed by atoms with van der Waals surface area (Å²) in [6.07, 6.45) is 1.19. The summed E-state index contributed by atoms with van der Waals surface area (Å²) in [5.41, 5.74) is -1.12. The van der Waals surface area contributed by atoms with Gasteiger partial charge in [0, 0.05) is 74.8 Å². The van der Waals surface area contributed by atoms with Crippen LogP contribution in [-0.4, -0.2) is 98.2 Å². The minimum atomic E-state index is -0.977. The minimum Gasteiger partial charge on any atom is -0.454 e. The fourth-order valence-electron chi connectivity index (χ4n) is 11.6. The second-order valence-electron chi connectivity index (χ2n) is 13.3. The average molecular weight is 542 g/mol. The van der Waals surface area contributed by atoms with Gasteiger partial charge in [-0.25, -0.2) is 4.79 Å². The average Bonchev–Trinajstić information content (AvgIpc) is 3.35. The molecule has 1 aliphatic heterocycles. The number of fused-ring (bicyclic) bond motifs is 2. The van der Waals surface area contributed by atoms with Crippen LogP contribution >= 0.6 is 0 Å². The predicted octanol–water partition coefficient (Wildman–Crippen LogP) is 2.37. The van der Waals surface area contributed by atoms with Crippen LogP contribution in [0.25, 0.3) is 0 Å². The summed E-state index contributed by atoms with van der Waals surface area (Å²) in [6.45, 7) is 4.48. The lowest BCUT2D eigenvalue weighted by Crippen LogP contribution is -2.76. The van der Waals surface area contributed by atoms with Crippen molar-refractivity contribution < 1.29 is 34.0 Å². The topological polar surface area (TPSA) is 97.7 Å². The Morgan fingerprint density at radius 2 is 1.87 bits per heavy atom. The van der Waals surface area contributed by atoms with E-state index >= 15 is 0 Å². The maximum Gasteiger partial charge on any atom is 0.338 e. The van der Waals surface area contributed by atoms with Crippen LogP contribution in [0.1, 0.15) is 43.0 Å². The fraction of sp³-hybridized carbons (Fsp3) is 0.774. The summed E-state index contributed by atoms with van der Waals surface area (Å²) in [5.74, 6) is -0.883. The number of methoxy groups -OCH3 is 3. The zero-order valence-electron chi connectivity index (χ0n) is 23.5. The fourth-order valence-corrected chi connectivity index (χ4v) is 11.6. The van der Waals surface area contributed by atoms with Crippen molar-refractivity contribution in [3.8, 4) is 0 Å². The molecule has 1 spiro atoms. The van der Waals surface area contributed by atoms with Gasteiger partial charge in [0.25, 0.3) is 0 Å². The van der Waals surface area contributed by atoms with Crippen molar-refractivity contribution in [1.29, 1.82) is 0 Å². The number of esters is 1. The molecule has 1 saturated heterocycles. The van der Waals surface area contributed by atoms with E-state index in [2.05, 4.69) is 11.8 Å². The van der Waals surface area contributed by atoms with Crippen LogP contribution in [0.2, 0.25) is 0 Å². The number of hydrogen-bond donors (Lipinski definition) is 2. The number of benzene rings is 1. The number of aliphatic hydroxyl groups is 2. The number of ether oxygens (including phenoxy) is 4. The normalized spacial score (nSPS) is 51.1. The largest absolute Gasteiger partial charge is 0.454 e. The van der Waals surface area contributed by atoms with Crippen LogP contribution < -0.4 is 0 Å². The molecule has 5 aliphatic carbocycles. The van der Waals surface area contributed by atoms with Crippen molar-refractivity contribution >= 4 is 5.97 Å². The van der Waals surface area contributed by atoms with E-state index in [0.29, 0.717) is 25.0 Å². The minimum absolute atomic E-state index is 0.0199. The number of carbonyl (C=O) groups excluding carboxylic acids is 1. The molecule has 8 heteroatoms. The number of piperidine rings is 1. The third-order valence-electron chi connectivity index (χ3n) is 12.4. The quantitative estimate of drug-likeness (QED) is 0.508. The van der Waals surface area contributed by atoms with E-state index in [1.165, 1.54) is 0 Å². The van der Waals surface area contributed by atoms with Gasteiger partial charge in [0.15, 0.2) is 0 Å². The van der Waals surface area contributed by atoms with Crippen LogP contribution in [0.5, 0.6) is 0 Å². The molecule has 0 aromatic heterocycles. The first-order valence-corrected chi connectivity index (χ1v) is 14.8. The Hall–Kier alpha value is -1.55. The number of aliphatic hydroxyl groups excluding tert-OH is 2. The van der Waals surface area contributed by atoms with Crippen molar-refractivity contribution in [2.24, 2.45) is 40.4 Å². The zero-order chi connectivity index (χ0) is 27.3. The third kappa shape index (κ3) is 3.03. The van der Waals surface area contributed by atoms with Gasteiger partial charge in [-0.1, -0.05) is 25.1 Å². The van der Waals surface area contributed by atoms with Crippen molar-refractivity contribution in [1.82, 2.24) is 4.90 Å². The molecule has 6 aliphatic rings. The van der Waals surface area contributed by atoms with Gasteiger partial charge in [0.05, 0.1) is 36.6 Å². The van der Waals surface area contributed by atoms with Crippen LogP contribution in [0.3, 0.4) is 0 Å². The molecule has 8 nitrogen and oxygen atoms in total. The van der Waals surface area contributed by atoms with E-state index in [0.717, 1.165) is 25.9 Å². The van der Waals surface area contributed by atoms with Crippen molar-refractivity contribution in [3.05, 3.63) is 35.9 Å². The highest BCUT2D eigenvalue weighted by molar-refractivity contribution is 5.89. The van der Waals surface area contributed by atoms with Gasteiger partial charge < -0.3 is 29.2 Å². The molecule has 0 amide bonds. The van der Waals surface area contributed by atoms with Crippen LogP contribution in [0.4, 0.5) is 0 Å². The second-order valence-corrected chi connectivity index (χ2v) is 13.3. The second kappa shape index (κ2) is 8.97. The summed E-state index contributed by atoms with van der Waals surface area (Å²) in [4.78, 5) is 16.4. The van der Waals surface area contributed by atoms with Crippen LogP contribution in [-0.2, 0) is 18.9 Å². The molecule has 1 heterocycles. The monoisotopic (exact) mass is 541 g/mol. The maximum absolute atomic E-state index is 13.9. The van der Waals surface area contributed by atoms with Crippen molar-refractivity contribution in [2.75, 3.05) is 41.0 Å². The Bertz CT molecular complexity index is 1120. The lowest BCUT2D eigenvalue weighted by atomic mass is 9.43. The van der Waals surface area contributed by atoms with Gasteiger partial charge in [-0.05, 0) is 43.9 Å². The highest BCUT2D eigenvalue weighted by Crippen LogP contribution is 2.79. The Morgan fingerprint density at radius 3 is 2.54 bits per heavy atom. The number of rotatable bonds is 7. The Kier molecular flexibility index (Phi) is 6.06. The zero-order valence-corrected chi connectivity index (χ0v) is 23.5. The highest BCUT2D eigenvalue weighted by atomic mass is 16.6. The molecule has 1 aromatic rings. The summed E-state index contributed by atoms with van der Waals surface area (Å²) in [6, 6.07) is 9.13. The molecule has 6 fully saturated rings. The van der Waals surface area contributed by atoms with Gasteiger partial charge in [0.1, 0.15) is 5.60 Å². The van der Waals surface area contributed by atoms with E-state index in [1.54, 1.807) is 33.5 Å². The summed E-state index contributed by atoms with van der Waals surface area (Å²) < 4.78 is 25.3. The highest BCUT2D eigenvalue weighted by Gasteiger charge is 2.87. The molecule has 214 valence electrons. The first-order valence-electron chi connectivity index (χ1n) is 14.8. The van der Waals surface area contributed by atoms with Crippen molar-refractivity contribution in [2.45, 2.75) is 68.7 Å². The van der Waals surface area contributed by atoms with E-state index in [1.807, 2.05) is 18.2 Å². The molecule has 39 heavy (non-hydrogen) atoms. The van der Waals surface area contributed by atoms with E-state index in [4.69, 9.17) is 18.9 Å². The number of carbonyl (C=O) groups is 1. The van der Waals surface area contributed by atoms with E-state index in [9.17, 15) is 15.0 Å². The molecule has 5 saturated carbocycles. The lowest BCUT2D eigenvalue weighted by molar-refractivity contribution is -0.271. The Balaban J connectivity index is 1.47. The lowest BCUT2D eigenvalue weighted by Gasteiger charge is -2.69. The summed E-state index contributed by atoms with van der Waals surface area (Å²) in [7, 11) is 5.25. The Morgan fingerprint density at radius 1 is 1.10 bits per heavy atom. The molecule has 0 radical (unpaired) electrons. The number of nitrogens with zero attached hydrogens (tertiary/aromatic N) is 1. The molecule has 2 N–H and O–H groups in total. The molecule has 4 unspecified atom stereocenters. The maximum atomic E-state index is 13.9. The number of likely N-dealkylation sites (tertiary alicyclic amines) is 1. The molecule has 7 bridgehead atoms. The van der Waals surface area contributed by atoms with Crippen molar-refractivity contribution in [3.63, 3.8) is 0 Å². The smallest absolute Gasteiger partial charge is 0.338 e. The van der Waals surface area contributed by atoms with Crippen LogP contribution in [0, 0.1) is 40.4 Å².